The van der Waals surface area contributed by atoms with Gasteiger partial charge in [-0.25, -0.2) is 9.98 Å². The van der Waals surface area contributed by atoms with Gasteiger partial charge in [-0.2, -0.15) is 0 Å². The Balaban J connectivity index is 1.39. The van der Waals surface area contributed by atoms with E-state index in [-0.39, 0.29) is 5.41 Å². The molecule has 0 saturated heterocycles. The summed E-state index contributed by atoms with van der Waals surface area (Å²) in [6.45, 7) is 4.39. The first-order valence-electron chi connectivity index (χ1n) is 11.7. The summed E-state index contributed by atoms with van der Waals surface area (Å²) in [5, 5.41) is 7.05. The zero-order valence-electron chi connectivity index (χ0n) is 19.3. The highest BCUT2D eigenvalue weighted by Crippen LogP contribution is 2.51. The van der Waals surface area contributed by atoms with Crippen LogP contribution in [-0.2, 0) is 5.41 Å². The second-order valence-electron chi connectivity index (χ2n) is 9.72. The summed E-state index contributed by atoms with van der Waals surface area (Å²) in [6, 6.07) is 29.5. The lowest BCUT2D eigenvalue weighted by Crippen LogP contribution is -2.56. The summed E-state index contributed by atoms with van der Waals surface area (Å²) >= 11 is 2.40. The van der Waals surface area contributed by atoms with E-state index in [1.54, 1.807) is 0 Å². The van der Waals surface area contributed by atoms with Crippen LogP contribution in [0.1, 0.15) is 19.4 Å². The van der Waals surface area contributed by atoms with Gasteiger partial charge in [0.25, 0.3) is 0 Å². The molecule has 1 aromatic heterocycles. The summed E-state index contributed by atoms with van der Waals surface area (Å²) in [6.07, 6.45) is 1.92. The highest BCUT2D eigenvalue weighted by molar-refractivity contribution is 14.1. The summed E-state index contributed by atoms with van der Waals surface area (Å²) in [4.78, 5) is 10.1. The van der Waals surface area contributed by atoms with Crippen molar-refractivity contribution in [1.29, 1.82) is 0 Å². The van der Waals surface area contributed by atoms with Crippen molar-refractivity contribution in [2.45, 2.75) is 25.0 Å². The average Bonchev–Trinajstić information content (AvgIpc) is 3.09. The molecule has 0 bridgehead atoms. The van der Waals surface area contributed by atoms with Gasteiger partial charge in [0.1, 0.15) is 11.2 Å². The molecule has 5 heteroatoms. The fourth-order valence-electron chi connectivity index (χ4n) is 5.40. The van der Waals surface area contributed by atoms with Gasteiger partial charge < -0.3 is 10.1 Å². The van der Waals surface area contributed by atoms with Crippen LogP contribution in [0.2, 0.25) is 0 Å². The van der Waals surface area contributed by atoms with Gasteiger partial charge in [0.05, 0.1) is 17.3 Å². The number of benzene rings is 4. The molecule has 170 valence electrons. The predicted octanol–water partition coefficient (Wildman–Crippen LogP) is 7.85. The number of aromatic nitrogens is 1. The third-order valence-corrected chi connectivity index (χ3v) is 8.33. The van der Waals surface area contributed by atoms with E-state index in [1.165, 1.54) is 19.9 Å². The molecule has 2 aliphatic rings. The van der Waals surface area contributed by atoms with Gasteiger partial charge in [0, 0.05) is 20.2 Å². The van der Waals surface area contributed by atoms with Crippen molar-refractivity contribution < 1.29 is 4.74 Å². The summed E-state index contributed by atoms with van der Waals surface area (Å²) < 4.78 is 7.90. The zero-order valence-corrected chi connectivity index (χ0v) is 21.5. The van der Waals surface area contributed by atoms with Gasteiger partial charge in [0.2, 0.25) is 5.72 Å². The normalized spacial score (nSPS) is 19.4. The second kappa shape index (κ2) is 7.28. The minimum atomic E-state index is -0.750. The Kier molecular flexibility index (Phi) is 4.34. The molecule has 1 atom stereocenters. The molecule has 0 fully saturated rings. The molecule has 0 saturated carbocycles. The molecular weight excluding hydrogens is 545 g/mol. The van der Waals surface area contributed by atoms with Crippen LogP contribution >= 0.6 is 22.6 Å². The van der Waals surface area contributed by atoms with E-state index in [0.717, 1.165) is 39.3 Å². The molecule has 7 rings (SSSR count). The Labute approximate surface area is 217 Å². The molecule has 1 N–H and O–H groups in total. The van der Waals surface area contributed by atoms with Crippen LogP contribution in [0, 0.1) is 3.57 Å². The summed E-state index contributed by atoms with van der Waals surface area (Å²) in [7, 11) is 0. The lowest BCUT2D eigenvalue weighted by molar-refractivity contribution is 0.107. The average molecular weight is 567 g/mol. The number of nitrogens with one attached hydrogen (secondary N) is 1. The van der Waals surface area contributed by atoms with E-state index in [9.17, 15) is 0 Å². The number of ether oxygens (including phenoxy) is 1. The number of anilines is 1. The Bertz CT molecular complexity index is 1710. The van der Waals surface area contributed by atoms with Gasteiger partial charge in [-0.15, -0.1) is 0 Å². The molecule has 1 spiro atoms. The maximum atomic E-state index is 6.72. The minimum absolute atomic E-state index is 0.298. The standard InChI is InChI=1S/C30H22IN3O/c1-29(2)21-9-5-6-10-23(21)34-30(29)17-32-28-25(35-30)16-13-19-12-15-24(33-27(19)28)26-20-8-4-3-7-18(20)11-14-22(26)31/h3-17,34H,1-2H3. The molecule has 2 aliphatic heterocycles. The third-order valence-electron chi connectivity index (χ3n) is 7.43. The molecule has 35 heavy (non-hydrogen) atoms. The molecule has 5 aromatic rings. The number of aliphatic imine (C=N–C) groups is 1. The number of halogens is 1. The van der Waals surface area contributed by atoms with Crippen molar-refractivity contribution in [1.82, 2.24) is 4.98 Å². The molecule has 0 aliphatic carbocycles. The first-order valence-corrected chi connectivity index (χ1v) is 12.8. The molecule has 4 aromatic carbocycles. The van der Waals surface area contributed by atoms with Crippen LogP contribution in [0.5, 0.6) is 5.75 Å². The fraction of sp³-hybridized carbons (Fsp3) is 0.133. The number of fused-ring (bicyclic) bond motifs is 5. The van der Waals surface area contributed by atoms with Crippen LogP contribution in [-0.4, -0.2) is 16.9 Å². The zero-order chi connectivity index (χ0) is 23.8. The smallest absolute Gasteiger partial charge is 0.226 e. The highest BCUT2D eigenvalue weighted by atomic mass is 127. The van der Waals surface area contributed by atoms with Crippen molar-refractivity contribution in [3.63, 3.8) is 0 Å². The number of nitrogens with zero attached hydrogens (tertiary/aromatic N) is 2. The van der Waals surface area contributed by atoms with Gasteiger partial charge in [-0.05, 0) is 83.1 Å². The highest BCUT2D eigenvalue weighted by Gasteiger charge is 2.55. The second-order valence-corrected chi connectivity index (χ2v) is 10.9. The number of pyridine rings is 1. The number of para-hydroxylation sites is 1. The van der Waals surface area contributed by atoms with Gasteiger partial charge in [0.15, 0.2) is 5.75 Å². The van der Waals surface area contributed by atoms with Crippen LogP contribution in [0.4, 0.5) is 11.4 Å². The molecule has 3 heterocycles. The third kappa shape index (κ3) is 2.91. The van der Waals surface area contributed by atoms with E-state index in [4.69, 9.17) is 14.7 Å². The lowest BCUT2D eigenvalue weighted by atomic mass is 9.78. The summed E-state index contributed by atoms with van der Waals surface area (Å²) in [5.74, 6) is 0.741. The monoisotopic (exact) mass is 567 g/mol. The summed E-state index contributed by atoms with van der Waals surface area (Å²) in [5.41, 5.74) is 4.97. The first-order chi connectivity index (χ1) is 17.0. The van der Waals surface area contributed by atoms with Crippen LogP contribution < -0.4 is 10.1 Å². The topological polar surface area (TPSA) is 46.5 Å². The Morgan fingerprint density at radius 2 is 1.60 bits per heavy atom. The van der Waals surface area contributed by atoms with Crippen LogP contribution in [0.15, 0.2) is 89.9 Å². The molecule has 0 radical (unpaired) electrons. The Morgan fingerprint density at radius 3 is 2.49 bits per heavy atom. The molecule has 0 amide bonds. The van der Waals surface area contributed by atoms with Crippen molar-refractivity contribution in [3.05, 3.63) is 94.1 Å². The molecule has 1 unspecified atom stereocenters. The predicted molar refractivity (Wildman–Crippen MR) is 152 cm³/mol. The first kappa shape index (κ1) is 20.9. The largest absolute Gasteiger partial charge is 0.460 e. The minimum Gasteiger partial charge on any atom is -0.460 e. The van der Waals surface area contributed by atoms with Crippen LogP contribution in [0.3, 0.4) is 0 Å². The van der Waals surface area contributed by atoms with E-state index < -0.39 is 5.72 Å². The quantitative estimate of drug-likeness (QED) is 0.210. The maximum Gasteiger partial charge on any atom is 0.226 e. The van der Waals surface area contributed by atoms with Crippen molar-refractivity contribution in [2.75, 3.05) is 5.32 Å². The fourth-order valence-corrected chi connectivity index (χ4v) is 6.15. The van der Waals surface area contributed by atoms with Crippen LogP contribution in [0.25, 0.3) is 32.9 Å². The lowest BCUT2D eigenvalue weighted by Gasteiger charge is -2.40. The Morgan fingerprint density at radius 1 is 0.829 bits per heavy atom. The number of rotatable bonds is 1. The SMILES string of the molecule is CC1(C)c2ccccc2NC12C=Nc1c(ccc3ccc(-c4c(I)ccc5ccccc45)nc13)O2. The van der Waals surface area contributed by atoms with Crippen molar-refractivity contribution >= 4 is 61.9 Å². The van der Waals surface area contributed by atoms with E-state index in [2.05, 4.69) is 115 Å². The van der Waals surface area contributed by atoms with E-state index >= 15 is 0 Å². The van der Waals surface area contributed by atoms with Gasteiger partial charge in [-0.1, -0.05) is 54.6 Å². The molecular formula is C30H22IN3O. The molecule has 4 nitrogen and oxygen atoms in total. The Hall–Kier alpha value is -3.45. The van der Waals surface area contributed by atoms with Gasteiger partial charge in [-0.3, -0.25) is 0 Å². The van der Waals surface area contributed by atoms with Crippen molar-refractivity contribution in [2.24, 2.45) is 4.99 Å². The van der Waals surface area contributed by atoms with Gasteiger partial charge >= 0.3 is 0 Å². The number of hydrogen-bond acceptors (Lipinski definition) is 4. The maximum absolute atomic E-state index is 6.72. The van der Waals surface area contributed by atoms with E-state index in [0.29, 0.717) is 0 Å². The van der Waals surface area contributed by atoms with Crippen molar-refractivity contribution in [3.8, 4) is 17.0 Å². The van der Waals surface area contributed by atoms with E-state index in [1.807, 2.05) is 18.3 Å². The number of hydrogen-bond donors (Lipinski definition) is 1.